The number of hydrogen-bond donors (Lipinski definition) is 2. The van der Waals surface area contributed by atoms with Crippen LogP contribution in [0.25, 0.3) is 0 Å². The Morgan fingerprint density at radius 2 is 2.17 bits per heavy atom. The molecule has 4 heteroatoms. The molecule has 1 aromatic carbocycles. The second-order valence-electron chi connectivity index (χ2n) is 4.30. The van der Waals surface area contributed by atoms with Gasteiger partial charge in [0.15, 0.2) is 0 Å². The van der Waals surface area contributed by atoms with Crippen LogP contribution in [0.15, 0.2) is 24.3 Å². The van der Waals surface area contributed by atoms with Crippen LogP contribution in [0.2, 0.25) is 0 Å². The third kappa shape index (κ3) is 4.47. The fourth-order valence-electron chi connectivity index (χ4n) is 1.77. The van der Waals surface area contributed by atoms with E-state index < -0.39 is 0 Å². The average Bonchev–Trinajstić information content (AvgIpc) is 2.42. The highest BCUT2D eigenvalue weighted by atomic mass is 16.5. The third-order valence-corrected chi connectivity index (χ3v) is 2.86. The minimum atomic E-state index is -0.310. The Morgan fingerprint density at radius 3 is 2.83 bits per heavy atom. The Hall–Kier alpha value is -1.39. The molecular formula is C14H21NO3. The van der Waals surface area contributed by atoms with E-state index in [9.17, 15) is 4.79 Å². The first-order chi connectivity index (χ1) is 8.69. The number of aliphatic hydroxyl groups is 1. The number of hydrogen-bond acceptors (Lipinski definition) is 4. The molecule has 0 heterocycles. The van der Waals surface area contributed by atoms with E-state index in [-0.39, 0.29) is 12.6 Å². The lowest BCUT2D eigenvalue weighted by molar-refractivity contribution is 0.0599. The monoisotopic (exact) mass is 251 g/mol. The molecule has 0 spiro atoms. The molecule has 18 heavy (non-hydrogen) atoms. The Bertz CT molecular complexity index is 379. The maximum absolute atomic E-state index is 11.6. The topological polar surface area (TPSA) is 58.6 Å². The van der Waals surface area contributed by atoms with Crippen molar-refractivity contribution in [3.63, 3.8) is 0 Å². The van der Waals surface area contributed by atoms with E-state index in [4.69, 9.17) is 9.84 Å². The number of aliphatic hydroxyl groups excluding tert-OH is 1. The predicted octanol–water partition coefficient (Wildman–Crippen LogP) is 1.72. The summed E-state index contributed by atoms with van der Waals surface area (Å²) in [4.78, 5) is 11.6. The Morgan fingerprint density at radius 1 is 1.44 bits per heavy atom. The average molecular weight is 251 g/mol. The van der Waals surface area contributed by atoms with Gasteiger partial charge in [0, 0.05) is 19.2 Å². The molecule has 0 aliphatic heterocycles. The smallest absolute Gasteiger partial charge is 0.338 e. The molecule has 0 saturated heterocycles. The highest BCUT2D eigenvalue weighted by Crippen LogP contribution is 2.10. The molecule has 0 radical (unpaired) electrons. The fourth-order valence-corrected chi connectivity index (χ4v) is 1.77. The number of methoxy groups -OCH3 is 1. The van der Waals surface area contributed by atoms with E-state index in [1.165, 1.54) is 7.11 Å². The van der Waals surface area contributed by atoms with Crippen LogP contribution < -0.4 is 5.32 Å². The molecule has 2 N–H and O–H groups in total. The zero-order chi connectivity index (χ0) is 13.4. The molecule has 4 nitrogen and oxygen atoms in total. The van der Waals surface area contributed by atoms with Gasteiger partial charge in [0.2, 0.25) is 0 Å². The third-order valence-electron chi connectivity index (χ3n) is 2.86. The minimum absolute atomic E-state index is 0.213. The van der Waals surface area contributed by atoms with Crippen molar-refractivity contribution in [3.05, 3.63) is 35.4 Å². The standard InChI is InChI=1S/C14H21NO3/c1-11(6-5-9-16)15-10-12-7-3-4-8-13(12)14(17)18-2/h3-4,7-8,11,15-16H,5-6,9-10H2,1-2H3. The van der Waals surface area contributed by atoms with Crippen molar-refractivity contribution in [1.82, 2.24) is 5.32 Å². The quantitative estimate of drug-likeness (QED) is 0.724. The molecule has 0 amide bonds. The molecule has 0 aliphatic rings. The first kappa shape index (κ1) is 14.7. The molecular weight excluding hydrogens is 230 g/mol. The van der Waals surface area contributed by atoms with Gasteiger partial charge in [-0.2, -0.15) is 0 Å². The van der Waals surface area contributed by atoms with Gasteiger partial charge in [-0.1, -0.05) is 18.2 Å². The Labute approximate surface area is 108 Å². The molecule has 0 saturated carbocycles. The number of carbonyl (C=O) groups excluding carboxylic acids is 1. The van der Waals surface area contributed by atoms with Crippen molar-refractivity contribution in [2.24, 2.45) is 0 Å². The highest BCUT2D eigenvalue weighted by Gasteiger charge is 2.11. The first-order valence-electron chi connectivity index (χ1n) is 6.19. The fraction of sp³-hybridized carbons (Fsp3) is 0.500. The van der Waals surface area contributed by atoms with Gasteiger partial charge in [-0.25, -0.2) is 4.79 Å². The summed E-state index contributed by atoms with van der Waals surface area (Å²) in [6.07, 6.45) is 1.70. The number of ether oxygens (including phenoxy) is 1. The van der Waals surface area contributed by atoms with Crippen LogP contribution in [0.1, 0.15) is 35.7 Å². The van der Waals surface area contributed by atoms with Gasteiger partial charge in [0.1, 0.15) is 0 Å². The number of carbonyl (C=O) groups is 1. The van der Waals surface area contributed by atoms with Gasteiger partial charge in [-0.3, -0.25) is 0 Å². The molecule has 100 valence electrons. The molecule has 0 aromatic heterocycles. The first-order valence-corrected chi connectivity index (χ1v) is 6.19. The van der Waals surface area contributed by atoms with E-state index in [2.05, 4.69) is 12.2 Å². The van der Waals surface area contributed by atoms with Gasteiger partial charge in [-0.05, 0) is 31.4 Å². The summed E-state index contributed by atoms with van der Waals surface area (Å²) in [7, 11) is 1.39. The summed E-state index contributed by atoms with van der Waals surface area (Å²) in [6, 6.07) is 7.72. The normalized spacial score (nSPS) is 12.2. The van der Waals surface area contributed by atoms with Crippen molar-refractivity contribution in [1.29, 1.82) is 0 Å². The summed E-state index contributed by atoms with van der Waals surface area (Å²) >= 11 is 0. The number of rotatable bonds is 7. The van der Waals surface area contributed by atoms with Crippen molar-refractivity contribution in [2.75, 3.05) is 13.7 Å². The Kier molecular flexibility index (Phi) is 6.39. The van der Waals surface area contributed by atoms with Crippen molar-refractivity contribution >= 4 is 5.97 Å². The predicted molar refractivity (Wildman–Crippen MR) is 70.4 cm³/mol. The van der Waals surface area contributed by atoms with Crippen molar-refractivity contribution < 1.29 is 14.6 Å². The molecule has 0 bridgehead atoms. The van der Waals surface area contributed by atoms with Crippen LogP contribution in [-0.4, -0.2) is 30.8 Å². The minimum Gasteiger partial charge on any atom is -0.465 e. The van der Waals surface area contributed by atoms with Gasteiger partial charge >= 0.3 is 5.97 Å². The summed E-state index contributed by atoms with van der Waals surface area (Å²) in [6.45, 7) is 2.90. The van der Waals surface area contributed by atoms with Crippen LogP contribution in [0.3, 0.4) is 0 Å². The second kappa shape index (κ2) is 7.84. The van der Waals surface area contributed by atoms with E-state index in [1.807, 2.05) is 18.2 Å². The van der Waals surface area contributed by atoms with Gasteiger partial charge in [0.25, 0.3) is 0 Å². The summed E-state index contributed by atoms with van der Waals surface area (Å²) in [5.41, 5.74) is 1.53. The van der Waals surface area contributed by atoms with E-state index in [0.717, 1.165) is 18.4 Å². The van der Waals surface area contributed by atoms with Crippen LogP contribution in [-0.2, 0) is 11.3 Å². The maximum Gasteiger partial charge on any atom is 0.338 e. The van der Waals surface area contributed by atoms with E-state index in [1.54, 1.807) is 6.07 Å². The highest BCUT2D eigenvalue weighted by molar-refractivity contribution is 5.90. The molecule has 1 rings (SSSR count). The lowest BCUT2D eigenvalue weighted by atomic mass is 10.1. The van der Waals surface area contributed by atoms with Crippen LogP contribution >= 0.6 is 0 Å². The van der Waals surface area contributed by atoms with Crippen molar-refractivity contribution in [3.8, 4) is 0 Å². The van der Waals surface area contributed by atoms with Crippen molar-refractivity contribution in [2.45, 2.75) is 32.4 Å². The van der Waals surface area contributed by atoms with E-state index in [0.29, 0.717) is 18.2 Å². The van der Waals surface area contributed by atoms with Gasteiger partial charge < -0.3 is 15.2 Å². The van der Waals surface area contributed by atoms with Crippen LogP contribution in [0.4, 0.5) is 0 Å². The van der Waals surface area contributed by atoms with Crippen LogP contribution in [0, 0.1) is 0 Å². The lowest BCUT2D eigenvalue weighted by Gasteiger charge is -2.14. The number of nitrogens with one attached hydrogen (secondary N) is 1. The molecule has 0 fully saturated rings. The molecule has 1 unspecified atom stereocenters. The van der Waals surface area contributed by atoms with Crippen LogP contribution in [0.5, 0.6) is 0 Å². The van der Waals surface area contributed by atoms with Gasteiger partial charge in [0.05, 0.1) is 12.7 Å². The summed E-state index contributed by atoms with van der Waals surface area (Å²) in [5.74, 6) is -0.310. The summed E-state index contributed by atoms with van der Waals surface area (Å²) < 4.78 is 4.75. The second-order valence-corrected chi connectivity index (χ2v) is 4.30. The zero-order valence-electron chi connectivity index (χ0n) is 11.0. The molecule has 1 atom stereocenters. The molecule has 0 aliphatic carbocycles. The molecule has 1 aromatic rings. The number of esters is 1. The largest absolute Gasteiger partial charge is 0.465 e. The lowest BCUT2D eigenvalue weighted by Crippen LogP contribution is -2.26. The Balaban J connectivity index is 2.59. The maximum atomic E-state index is 11.6. The SMILES string of the molecule is COC(=O)c1ccccc1CNC(C)CCCO. The van der Waals surface area contributed by atoms with E-state index >= 15 is 0 Å². The summed E-state index contributed by atoms with van der Waals surface area (Å²) in [5, 5.41) is 12.1. The number of benzene rings is 1. The van der Waals surface area contributed by atoms with Gasteiger partial charge in [-0.15, -0.1) is 0 Å². The zero-order valence-corrected chi connectivity index (χ0v) is 11.0.